The molecule has 0 atom stereocenters. The third-order valence-corrected chi connectivity index (χ3v) is 3.14. The van der Waals surface area contributed by atoms with E-state index in [-0.39, 0.29) is 11.8 Å². The molecule has 0 fully saturated rings. The molecule has 0 unspecified atom stereocenters. The summed E-state index contributed by atoms with van der Waals surface area (Å²) < 4.78 is 5.26. The Bertz CT molecular complexity index is 680. The highest BCUT2D eigenvalue weighted by Gasteiger charge is 2.15. The van der Waals surface area contributed by atoms with Crippen LogP contribution in [0.5, 0.6) is 5.75 Å². The first-order valence-corrected chi connectivity index (χ1v) is 6.70. The molecule has 0 heterocycles. The summed E-state index contributed by atoms with van der Waals surface area (Å²) >= 11 is 0. The maximum Gasteiger partial charge on any atom is 0.273 e. The normalized spacial score (nSPS) is 10.5. The number of hydrogen-bond donors (Lipinski definition) is 2. The van der Waals surface area contributed by atoms with Crippen LogP contribution in [0.1, 0.15) is 24.2 Å². The zero-order valence-corrected chi connectivity index (χ0v) is 12.3. The van der Waals surface area contributed by atoms with E-state index in [1.54, 1.807) is 26.0 Å². The van der Waals surface area contributed by atoms with Gasteiger partial charge < -0.3 is 4.74 Å². The highest BCUT2D eigenvalue weighted by molar-refractivity contribution is 6.02. The smallest absolute Gasteiger partial charge is 0.273 e. The second-order valence-corrected chi connectivity index (χ2v) is 5.00. The summed E-state index contributed by atoms with van der Waals surface area (Å²) in [5, 5.41) is 1.91. The SMILES string of the molecule is COc1cc2ccccc2cc1C(=O)NNC(=O)C(C)C. The summed E-state index contributed by atoms with van der Waals surface area (Å²) in [7, 11) is 1.51. The van der Waals surface area contributed by atoms with Crippen molar-refractivity contribution < 1.29 is 14.3 Å². The maximum absolute atomic E-state index is 12.2. The molecule has 110 valence electrons. The van der Waals surface area contributed by atoms with E-state index in [4.69, 9.17) is 4.74 Å². The van der Waals surface area contributed by atoms with Crippen LogP contribution in [0.15, 0.2) is 36.4 Å². The fourth-order valence-electron chi connectivity index (χ4n) is 1.90. The van der Waals surface area contributed by atoms with E-state index in [1.165, 1.54) is 7.11 Å². The topological polar surface area (TPSA) is 67.4 Å². The summed E-state index contributed by atoms with van der Waals surface area (Å²) in [6, 6.07) is 11.2. The van der Waals surface area contributed by atoms with Gasteiger partial charge in [0.25, 0.3) is 5.91 Å². The number of hydrogen-bond acceptors (Lipinski definition) is 3. The van der Waals surface area contributed by atoms with Crippen LogP contribution in [-0.4, -0.2) is 18.9 Å². The Morgan fingerprint density at radius 3 is 2.24 bits per heavy atom. The van der Waals surface area contributed by atoms with Crippen LogP contribution in [0.4, 0.5) is 0 Å². The molecule has 0 aliphatic heterocycles. The van der Waals surface area contributed by atoms with Gasteiger partial charge >= 0.3 is 0 Å². The first-order chi connectivity index (χ1) is 10.0. The molecule has 21 heavy (non-hydrogen) atoms. The molecule has 5 nitrogen and oxygen atoms in total. The number of hydrazine groups is 1. The quantitative estimate of drug-likeness (QED) is 0.851. The summed E-state index contributed by atoms with van der Waals surface area (Å²) in [6.07, 6.45) is 0. The van der Waals surface area contributed by atoms with Gasteiger partial charge in [-0.25, -0.2) is 0 Å². The Balaban J connectivity index is 2.27. The van der Waals surface area contributed by atoms with Gasteiger partial charge in [0, 0.05) is 5.92 Å². The third-order valence-electron chi connectivity index (χ3n) is 3.14. The molecule has 2 aromatic carbocycles. The van der Waals surface area contributed by atoms with Crippen LogP contribution in [0.25, 0.3) is 10.8 Å². The van der Waals surface area contributed by atoms with Gasteiger partial charge in [0.2, 0.25) is 5.91 Å². The lowest BCUT2D eigenvalue weighted by molar-refractivity contribution is -0.124. The third kappa shape index (κ3) is 3.31. The number of carbonyl (C=O) groups excluding carboxylic acids is 2. The molecule has 5 heteroatoms. The van der Waals surface area contributed by atoms with E-state index in [2.05, 4.69) is 10.9 Å². The minimum Gasteiger partial charge on any atom is -0.496 e. The van der Waals surface area contributed by atoms with E-state index in [9.17, 15) is 9.59 Å². The second-order valence-electron chi connectivity index (χ2n) is 5.00. The highest BCUT2D eigenvalue weighted by Crippen LogP contribution is 2.25. The first-order valence-electron chi connectivity index (χ1n) is 6.70. The maximum atomic E-state index is 12.2. The minimum atomic E-state index is -0.411. The zero-order chi connectivity index (χ0) is 15.4. The predicted octanol–water partition coefficient (Wildman–Crippen LogP) is 2.27. The van der Waals surface area contributed by atoms with Crippen LogP contribution in [-0.2, 0) is 4.79 Å². The number of nitrogens with one attached hydrogen (secondary N) is 2. The van der Waals surface area contributed by atoms with Gasteiger partial charge in [0.05, 0.1) is 12.7 Å². The van der Waals surface area contributed by atoms with Crippen LogP contribution >= 0.6 is 0 Å². The largest absolute Gasteiger partial charge is 0.496 e. The zero-order valence-electron chi connectivity index (χ0n) is 12.3. The van der Waals surface area contributed by atoms with Crippen LogP contribution in [0, 0.1) is 5.92 Å². The molecule has 0 aliphatic carbocycles. The van der Waals surface area contributed by atoms with Crippen molar-refractivity contribution in [2.45, 2.75) is 13.8 Å². The molecule has 0 saturated heterocycles. The molecular weight excluding hydrogens is 268 g/mol. The Morgan fingerprint density at radius 2 is 1.67 bits per heavy atom. The molecule has 2 N–H and O–H groups in total. The summed E-state index contributed by atoms with van der Waals surface area (Å²) in [5.41, 5.74) is 5.16. The molecule has 0 bridgehead atoms. The summed E-state index contributed by atoms with van der Waals surface area (Å²) in [4.78, 5) is 23.7. The van der Waals surface area contributed by atoms with E-state index in [0.29, 0.717) is 11.3 Å². The van der Waals surface area contributed by atoms with Gasteiger partial charge in [-0.05, 0) is 22.9 Å². The lowest BCUT2D eigenvalue weighted by Crippen LogP contribution is -2.43. The highest BCUT2D eigenvalue weighted by atomic mass is 16.5. The fraction of sp³-hybridized carbons (Fsp3) is 0.250. The van der Waals surface area contributed by atoms with Gasteiger partial charge in [-0.3, -0.25) is 20.4 Å². The fourth-order valence-corrected chi connectivity index (χ4v) is 1.90. The van der Waals surface area contributed by atoms with E-state index < -0.39 is 5.91 Å². The van der Waals surface area contributed by atoms with Crippen molar-refractivity contribution in [2.75, 3.05) is 7.11 Å². The molecule has 2 aromatic rings. The van der Waals surface area contributed by atoms with Crippen molar-refractivity contribution in [2.24, 2.45) is 5.92 Å². The van der Waals surface area contributed by atoms with Crippen LogP contribution in [0.2, 0.25) is 0 Å². The van der Waals surface area contributed by atoms with Crippen molar-refractivity contribution in [3.8, 4) is 5.75 Å². The van der Waals surface area contributed by atoms with Crippen molar-refractivity contribution in [1.29, 1.82) is 0 Å². The van der Waals surface area contributed by atoms with Crippen molar-refractivity contribution >= 4 is 22.6 Å². The number of benzene rings is 2. The lowest BCUT2D eigenvalue weighted by atomic mass is 10.1. The monoisotopic (exact) mass is 286 g/mol. The number of methoxy groups -OCH3 is 1. The van der Waals surface area contributed by atoms with Crippen LogP contribution in [0.3, 0.4) is 0 Å². The number of ether oxygens (including phenoxy) is 1. The molecule has 0 radical (unpaired) electrons. The van der Waals surface area contributed by atoms with Gasteiger partial charge in [-0.15, -0.1) is 0 Å². The van der Waals surface area contributed by atoms with Crippen LogP contribution < -0.4 is 15.6 Å². The van der Waals surface area contributed by atoms with Crippen molar-refractivity contribution in [3.05, 3.63) is 42.0 Å². The Morgan fingerprint density at radius 1 is 1.05 bits per heavy atom. The van der Waals surface area contributed by atoms with Gasteiger partial charge in [-0.1, -0.05) is 38.1 Å². The molecule has 0 aromatic heterocycles. The number of rotatable bonds is 3. The predicted molar refractivity (Wildman–Crippen MR) is 80.9 cm³/mol. The van der Waals surface area contributed by atoms with Gasteiger partial charge in [0.1, 0.15) is 5.75 Å². The van der Waals surface area contributed by atoms with E-state index in [0.717, 1.165) is 10.8 Å². The lowest BCUT2D eigenvalue weighted by Gasteiger charge is -2.12. The molecule has 0 spiro atoms. The average molecular weight is 286 g/mol. The van der Waals surface area contributed by atoms with E-state index >= 15 is 0 Å². The minimum absolute atomic E-state index is 0.205. The number of carbonyl (C=O) groups is 2. The molecule has 2 amide bonds. The Hall–Kier alpha value is -2.56. The standard InChI is InChI=1S/C16H18N2O3/c1-10(2)15(19)17-18-16(20)13-8-11-6-4-5-7-12(11)9-14(13)21-3/h4-10H,1-3H3,(H,17,19)(H,18,20). The van der Waals surface area contributed by atoms with Gasteiger partial charge in [0.15, 0.2) is 0 Å². The van der Waals surface area contributed by atoms with Crippen molar-refractivity contribution in [1.82, 2.24) is 10.9 Å². The second kappa shape index (κ2) is 6.26. The molecule has 2 rings (SSSR count). The molecule has 0 aliphatic rings. The number of fused-ring (bicyclic) bond motifs is 1. The first kappa shape index (κ1) is 14.8. The van der Waals surface area contributed by atoms with E-state index in [1.807, 2.05) is 24.3 Å². The molecular formula is C16H18N2O3. The number of amides is 2. The average Bonchev–Trinajstić information content (AvgIpc) is 2.50. The summed E-state index contributed by atoms with van der Waals surface area (Å²) in [6.45, 7) is 3.50. The summed E-state index contributed by atoms with van der Waals surface area (Å²) in [5.74, 6) is -0.400. The Kier molecular flexibility index (Phi) is 4.42. The molecule has 0 saturated carbocycles. The Labute approximate surface area is 123 Å². The van der Waals surface area contributed by atoms with Crippen molar-refractivity contribution in [3.63, 3.8) is 0 Å². The van der Waals surface area contributed by atoms with Gasteiger partial charge in [-0.2, -0.15) is 0 Å².